The Bertz CT molecular complexity index is 244. The van der Waals surface area contributed by atoms with Gasteiger partial charge >= 0.3 is 0 Å². The van der Waals surface area contributed by atoms with Crippen molar-refractivity contribution in [1.82, 2.24) is 24.9 Å². The predicted octanol–water partition coefficient (Wildman–Crippen LogP) is 0.947. The van der Waals surface area contributed by atoms with Gasteiger partial charge in [-0.15, -0.1) is 12.4 Å². The molecule has 0 amide bonds. The lowest BCUT2D eigenvalue weighted by molar-refractivity contribution is 0.173. The van der Waals surface area contributed by atoms with Crippen LogP contribution in [0.25, 0.3) is 0 Å². The van der Waals surface area contributed by atoms with Crippen LogP contribution in [0.2, 0.25) is 0 Å². The fourth-order valence-corrected chi connectivity index (χ4v) is 4.70. The Labute approximate surface area is 138 Å². The van der Waals surface area contributed by atoms with Crippen molar-refractivity contribution < 1.29 is 0 Å². The van der Waals surface area contributed by atoms with E-state index in [4.69, 9.17) is 0 Å². The first kappa shape index (κ1) is 20.8. The summed E-state index contributed by atoms with van der Waals surface area (Å²) in [4.78, 5) is 9.27. The van der Waals surface area contributed by atoms with Gasteiger partial charge in [0.05, 0.1) is 0 Å². The quantitative estimate of drug-likeness (QED) is 0.655. The molecule has 2 unspecified atom stereocenters. The molecule has 20 heavy (non-hydrogen) atoms. The molecule has 0 spiro atoms. The van der Waals surface area contributed by atoms with E-state index in [1.54, 1.807) is 0 Å². The highest BCUT2D eigenvalue weighted by molar-refractivity contribution is 8.77. The number of hydrogen-bond acceptors (Lipinski definition) is 7. The molecule has 5 nitrogen and oxygen atoms in total. The van der Waals surface area contributed by atoms with Gasteiger partial charge in [-0.3, -0.25) is 15.1 Å². The summed E-state index contributed by atoms with van der Waals surface area (Å²) < 4.78 is 0. The molecule has 1 N–H and O–H groups in total. The minimum absolute atomic E-state index is 0. The maximum Gasteiger partial charge on any atom is 0.120 e. The number of halogens is 1. The molecule has 0 aromatic heterocycles. The minimum Gasteiger partial charge on any atom is -0.308 e. The van der Waals surface area contributed by atoms with E-state index in [1.807, 2.05) is 21.6 Å². The maximum absolute atomic E-state index is 3.68. The fourth-order valence-electron chi connectivity index (χ4n) is 1.69. The molecule has 1 aliphatic heterocycles. The zero-order valence-corrected chi connectivity index (χ0v) is 15.9. The van der Waals surface area contributed by atoms with Crippen molar-refractivity contribution in [1.29, 1.82) is 0 Å². The van der Waals surface area contributed by atoms with Gasteiger partial charge in [0, 0.05) is 26.2 Å². The highest BCUT2D eigenvalue weighted by Gasteiger charge is 2.30. The van der Waals surface area contributed by atoms with Crippen LogP contribution in [0, 0.1) is 0 Å². The highest BCUT2D eigenvalue weighted by Crippen LogP contribution is 2.38. The second-order valence-electron chi connectivity index (χ2n) is 5.67. The normalized spacial score (nSPS) is 23.1. The van der Waals surface area contributed by atoms with Gasteiger partial charge in [-0.2, -0.15) is 0 Å². The van der Waals surface area contributed by atoms with Crippen molar-refractivity contribution in [2.45, 2.75) is 11.0 Å². The van der Waals surface area contributed by atoms with Crippen molar-refractivity contribution in [2.75, 3.05) is 68.5 Å². The monoisotopic (exact) mass is 343 g/mol. The molecule has 1 rings (SSSR count). The van der Waals surface area contributed by atoms with E-state index in [1.165, 1.54) is 0 Å². The largest absolute Gasteiger partial charge is 0.308 e. The average Bonchev–Trinajstić information content (AvgIpc) is 2.77. The Balaban J connectivity index is 0.00000361. The van der Waals surface area contributed by atoms with Crippen molar-refractivity contribution >= 4 is 34.0 Å². The second kappa shape index (κ2) is 10.5. The Morgan fingerprint density at radius 1 is 0.750 bits per heavy atom. The fraction of sp³-hybridized carbons (Fsp3) is 1.00. The van der Waals surface area contributed by atoms with Crippen molar-refractivity contribution in [3.63, 3.8) is 0 Å². The predicted molar refractivity (Wildman–Crippen MR) is 95.5 cm³/mol. The summed E-state index contributed by atoms with van der Waals surface area (Å²) in [6, 6.07) is 0. The SMILES string of the molecule is CN(C)CCN(CCN(C)C)C1NC(N(C)C)SS1.Cl. The molecule has 0 saturated carbocycles. The lowest BCUT2D eigenvalue weighted by Crippen LogP contribution is -2.49. The van der Waals surface area contributed by atoms with E-state index in [9.17, 15) is 0 Å². The topological polar surface area (TPSA) is 25.0 Å². The smallest absolute Gasteiger partial charge is 0.120 e. The van der Waals surface area contributed by atoms with Gasteiger partial charge in [-0.25, -0.2) is 0 Å². The third-order valence-electron chi connectivity index (χ3n) is 2.99. The van der Waals surface area contributed by atoms with Crippen LogP contribution in [0.5, 0.6) is 0 Å². The molecule has 1 fully saturated rings. The molecule has 8 heteroatoms. The van der Waals surface area contributed by atoms with Gasteiger partial charge in [-0.1, -0.05) is 21.6 Å². The standard InChI is InChI=1S/C12H29N5S2.ClH/c1-14(2)7-9-17(10-8-15(3)4)12-13-11(16(5)6)18-19-12;/h11-13H,7-10H2,1-6H3;1H. The third kappa shape index (κ3) is 7.70. The van der Waals surface area contributed by atoms with Crippen molar-refractivity contribution in [2.24, 2.45) is 0 Å². The Morgan fingerprint density at radius 2 is 1.20 bits per heavy atom. The summed E-state index contributed by atoms with van der Waals surface area (Å²) in [6.07, 6.45) is 0. The highest BCUT2D eigenvalue weighted by atomic mass is 35.5. The van der Waals surface area contributed by atoms with Crippen LogP contribution >= 0.6 is 34.0 Å². The Hall–Kier alpha value is 0.790. The van der Waals surface area contributed by atoms with Crippen LogP contribution in [-0.2, 0) is 0 Å². The lowest BCUT2D eigenvalue weighted by Gasteiger charge is -2.30. The molecule has 0 radical (unpaired) electrons. The zero-order valence-electron chi connectivity index (χ0n) is 13.5. The number of likely N-dealkylation sites (N-methyl/N-ethyl adjacent to an activating group) is 2. The summed E-state index contributed by atoms with van der Waals surface area (Å²) >= 11 is 0. The van der Waals surface area contributed by atoms with Gasteiger partial charge < -0.3 is 9.80 Å². The molecule has 2 atom stereocenters. The number of nitrogens with zero attached hydrogens (tertiary/aromatic N) is 4. The summed E-state index contributed by atoms with van der Waals surface area (Å²) in [6.45, 7) is 4.41. The van der Waals surface area contributed by atoms with Gasteiger partial charge in [0.15, 0.2) is 0 Å². The molecule has 1 saturated heterocycles. The summed E-state index contributed by atoms with van der Waals surface area (Å²) in [5.41, 5.74) is 0.827. The van der Waals surface area contributed by atoms with E-state index in [-0.39, 0.29) is 12.4 Å². The van der Waals surface area contributed by atoms with Gasteiger partial charge in [-0.05, 0) is 42.3 Å². The van der Waals surface area contributed by atoms with Crippen LogP contribution in [0.1, 0.15) is 0 Å². The van der Waals surface area contributed by atoms with Gasteiger partial charge in [0.25, 0.3) is 0 Å². The molecular weight excluding hydrogens is 314 g/mol. The number of hydrogen-bond donors (Lipinski definition) is 1. The van der Waals surface area contributed by atoms with E-state index in [2.05, 4.69) is 67.2 Å². The van der Waals surface area contributed by atoms with E-state index >= 15 is 0 Å². The zero-order chi connectivity index (χ0) is 14.4. The van der Waals surface area contributed by atoms with Gasteiger partial charge in [0.1, 0.15) is 11.0 Å². The molecule has 0 aromatic rings. The van der Waals surface area contributed by atoms with Crippen LogP contribution in [0.15, 0.2) is 0 Å². The minimum atomic E-state index is 0. The molecular formula is C12H30ClN5S2. The molecule has 1 heterocycles. The average molecular weight is 344 g/mol. The van der Waals surface area contributed by atoms with E-state index in [0.29, 0.717) is 11.0 Å². The van der Waals surface area contributed by atoms with E-state index < -0.39 is 0 Å². The summed E-state index contributed by atoms with van der Waals surface area (Å²) in [5.74, 6) is 0. The molecule has 0 aromatic carbocycles. The van der Waals surface area contributed by atoms with Crippen molar-refractivity contribution in [3.05, 3.63) is 0 Å². The van der Waals surface area contributed by atoms with Crippen LogP contribution in [0.3, 0.4) is 0 Å². The summed E-state index contributed by atoms with van der Waals surface area (Å²) in [7, 11) is 16.6. The molecule has 0 bridgehead atoms. The van der Waals surface area contributed by atoms with Crippen LogP contribution in [-0.4, -0.2) is 99.1 Å². The summed E-state index contributed by atoms with van der Waals surface area (Å²) in [5, 5.41) is 3.68. The third-order valence-corrected chi connectivity index (χ3v) is 5.89. The lowest BCUT2D eigenvalue weighted by atomic mass is 10.4. The number of nitrogens with one attached hydrogen (secondary N) is 1. The second-order valence-corrected chi connectivity index (χ2v) is 8.10. The first-order valence-electron chi connectivity index (χ1n) is 6.68. The van der Waals surface area contributed by atoms with E-state index in [0.717, 1.165) is 26.2 Å². The maximum atomic E-state index is 3.68. The van der Waals surface area contributed by atoms with Crippen LogP contribution < -0.4 is 5.32 Å². The number of rotatable bonds is 8. The Kier molecular flexibility index (Phi) is 10.9. The molecule has 122 valence electrons. The Morgan fingerprint density at radius 3 is 1.55 bits per heavy atom. The van der Waals surface area contributed by atoms with Crippen molar-refractivity contribution in [3.8, 4) is 0 Å². The van der Waals surface area contributed by atoms with Gasteiger partial charge in [0.2, 0.25) is 0 Å². The molecule has 1 aliphatic rings. The van der Waals surface area contributed by atoms with Crippen LogP contribution in [0.4, 0.5) is 0 Å². The molecule has 0 aliphatic carbocycles. The first-order valence-corrected chi connectivity index (χ1v) is 8.96. The first-order chi connectivity index (χ1) is 8.90.